The maximum atomic E-state index is 12.9. The molecule has 0 saturated carbocycles. The lowest BCUT2D eigenvalue weighted by atomic mass is 9.78. The van der Waals surface area contributed by atoms with Crippen LogP contribution >= 0.6 is 0 Å². The molecule has 3 fully saturated rings. The van der Waals surface area contributed by atoms with Crippen LogP contribution in [0.1, 0.15) is 33.1 Å². The minimum atomic E-state index is -3.48. The van der Waals surface area contributed by atoms with E-state index in [0.29, 0.717) is 45.8 Å². The summed E-state index contributed by atoms with van der Waals surface area (Å²) in [5.74, 6) is 0.137. The maximum Gasteiger partial charge on any atom is 0.282 e. The van der Waals surface area contributed by atoms with Gasteiger partial charge in [-0.05, 0) is 33.1 Å². The molecule has 7 nitrogen and oxygen atoms in total. The summed E-state index contributed by atoms with van der Waals surface area (Å²) in [5, 5.41) is 0. The third-order valence-corrected chi connectivity index (χ3v) is 7.32. The van der Waals surface area contributed by atoms with E-state index in [1.807, 2.05) is 18.7 Å². The van der Waals surface area contributed by atoms with E-state index in [0.717, 1.165) is 19.4 Å². The molecular weight excluding hydrogens is 318 g/mol. The number of carbonyl (C=O) groups is 1. The molecule has 0 aliphatic carbocycles. The Balaban J connectivity index is 1.75. The molecule has 0 aromatic heterocycles. The van der Waals surface area contributed by atoms with Gasteiger partial charge in [0.25, 0.3) is 10.2 Å². The third-order valence-electron chi connectivity index (χ3n) is 5.33. The predicted molar refractivity (Wildman–Crippen MR) is 86.0 cm³/mol. The molecule has 23 heavy (non-hydrogen) atoms. The lowest BCUT2D eigenvalue weighted by Crippen LogP contribution is -2.53. The minimum absolute atomic E-state index is 0.137. The van der Waals surface area contributed by atoms with Crippen molar-refractivity contribution in [3.05, 3.63) is 0 Å². The van der Waals surface area contributed by atoms with Crippen LogP contribution in [0, 0.1) is 5.41 Å². The third kappa shape index (κ3) is 3.01. The molecule has 132 valence electrons. The summed E-state index contributed by atoms with van der Waals surface area (Å²) in [6.07, 6.45) is 2.39. The van der Waals surface area contributed by atoms with Crippen LogP contribution in [0.2, 0.25) is 0 Å². The molecule has 0 aromatic rings. The molecule has 3 heterocycles. The van der Waals surface area contributed by atoms with E-state index in [1.165, 1.54) is 8.61 Å². The number of hydrogen-bond acceptors (Lipinski definition) is 4. The molecular formula is C15H27N3O4S. The molecule has 1 unspecified atom stereocenters. The number of carbonyl (C=O) groups excluding carboxylic acids is 1. The standard InChI is InChI=1S/C15H27N3O4S/c1-13(2)18-6-3-4-15(14(18)19)5-7-17(12-15)23(20,21)16-8-10-22-11-9-16/h13H,3-12H2,1-2H3. The number of nitrogens with zero attached hydrogens (tertiary/aromatic N) is 3. The van der Waals surface area contributed by atoms with Gasteiger partial charge in [-0.1, -0.05) is 0 Å². The predicted octanol–water partition coefficient (Wildman–Crippen LogP) is 0.286. The van der Waals surface area contributed by atoms with Crippen molar-refractivity contribution >= 4 is 16.1 Å². The Bertz CT molecular complexity index is 559. The van der Waals surface area contributed by atoms with E-state index < -0.39 is 15.6 Å². The second-order valence-corrected chi connectivity index (χ2v) is 9.01. The summed E-state index contributed by atoms with van der Waals surface area (Å²) in [7, 11) is -3.48. The first kappa shape index (κ1) is 17.1. The zero-order valence-electron chi connectivity index (χ0n) is 14.0. The van der Waals surface area contributed by atoms with E-state index in [2.05, 4.69) is 0 Å². The van der Waals surface area contributed by atoms with Crippen LogP contribution in [0.5, 0.6) is 0 Å². The Kier molecular flexibility index (Phi) is 4.70. The van der Waals surface area contributed by atoms with Crippen LogP contribution in [0.4, 0.5) is 0 Å². The van der Waals surface area contributed by atoms with Crippen molar-refractivity contribution in [2.24, 2.45) is 5.41 Å². The molecule has 0 aromatic carbocycles. The highest BCUT2D eigenvalue weighted by Crippen LogP contribution is 2.41. The molecule has 8 heteroatoms. The van der Waals surface area contributed by atoms with Crippen molar-refractivity contribution in [2.45, 2.75) is 39.2 Å². The van der Waals surface area contributed by atoms with Crippen LogP contribution in [0.3, 0.4) is 0 Å². The zero-order valence-corrected chi connectivity index (χ0v) is 14.8. The highest BCUT2D eigenvalue weighted by atomic mass is 32.2. The molecule has 3 aliphatic heterocycles. The van der Waals surface area contributed by atoms with Crippen LogP contribution in [-0.2, 0) is 19.7 Å². The van der Waals surface area contributed by atoms with E-state index in [-0.39, 0.29) is 11.9 Å². The second kappa shape index (κ2) is 6.31. The average Bonchev–Trinajstić information content (AvgIpc) is 2.97. The van der Waals surface area contributed by atoms with Crippen molar-refractivity contribution in [2.75, 3.05) is 45.9 Å². The Hall–Kier alpha value is -0.700. The van der Waals surface area contributed by atoms with Gasteiger partial charge in [0.15, 0.2) is 0 Å². The Morgan fingerprint density at radius 3 is 2.39 bits per heavy atom. The molecule has 3 aliphatic rings. The van der Waals surface area contributed by atoms with Gasteiger partial charge < -0.3 is 9.64 Å². The first-order valence-corrected chi connectivity index (χ1v) is 9.91. The summed E-state index contributed by atoms with van der Waals surface area (Å²) < 4.78 is 33.9. The monoisotopic (exact) mass is 345 g/mol. The Morgan fingerprint density at radius 2 is 1.74 bits per heavy atom. The summed E-state index contributed by atoms with van der Waals surface area (Å²) in [6.45, 7) is 7.29. The van der Waals surface area contributed by atoms with Gasteiger partial charge in [-0.25, -0.2) is 0 Å². The summed E-state index contributed by atoms with van der Waals surface area (Å²) in [4.78, 5) is 14.8. The number of ether oxygens (including phenoxy) is 1. The van der Waals surface area contributed by atoms with Crippen LogP contribution in [-0.4, -0.2) is 79.8 Å². The average molecular weight is 345 g/mol. The van der Waals surface area contributed by atoms with Crippen molar-refractivity contribution < 1.29 is 17.9 Å². The lowest BCUT2D eigenvalue weighted by Gasteiger charge is -2.41. The van der Waals surface area contributed by atoms with Gasteiger partial charge in [0.05, 0.1) is 18.6 Å². The molecule has 3 saturated heterocycles. The number of amides is 1. The van der Waals surface area contributed by atoms with Crippen LogP contribution < -0.4 is 0 Å². The lowest BCUT2D eigenvalue weighted by molar-refractivity contribution is -0.147. The van der Waals surface area contributed by atoms with Crippen molar-refractivity contribution in [3.63, 3.8) is 0 Å². The van der Waals surface area contributed by atoms with Gasteiger partial charge in [-0.3, -0.25) is 4.79 Å². The first-order valence-electron chi connectivity index (χ1n) is 8.51. The maximum absolute atomic E-state index is 12.9. The summed E-state index contributed by atoms with van der Waals surface area (Å²) >= 11 is 0. The first-order chi connectivity index (χ1) is 10.9. The number of rotatable bonds is 3. The fourth-order valence-corrected chi connectivity index (χ4v) is 5.61. The number of morpholine rings is 1. The normalized spacial score (nSPS) is 31.4. The topological polar surface area (TPSA) is 70.2 Å². The molecule has 0 N–H and O–H groups in total. The highest BCUT2D eigenvalue weighted by Gasteiger charge is 2.52. The van der Waals surface area contributed by atoms with Gasteiger partial charge in [0.1, 0.15) is 0 Å². The quantitative estimate of drug-likeness (QED) is 0.737. The van der Waals surface area contributed by atoms with Gasteiger partial charge in [0, 0.05) is 38.8 Å². The molecule has 1 spiro atoms. The van der Waals surface area contributed by atoms with Gasteiger partial charge in [0.2, 0.25) is 5.91 Å². The fourth-order valence-electron chi connectivity index (χ4n) is 3.94. The smallest absolute Gasteiger partial charge is 0.282 e. The van der Waals surface area contributed by atoms with Crippen LogP contribution in [0.25, 0.3) is 0 Å². The van der Waals surface area contributed by atoms with Gasteiger partial charge in [-0.2, -0.15) is 17.0 Å². The highest BCUT2D eigenvalue weighted by molar-refractivity contribution is 7.86. The van der Waals surface area contributed by atoms with E-state index >= 15 is 0 Å². The minimum Gasteiger partial charge on any atom is -0.379 e. The van der Waals surface area contributed by atoms with Gasteiger partial charge in [-0.15, -0.1) is 0 Å². The molecule has 1 atom stereocenters. The SMILES string of the molecule is CC(C)N1CCCC2(CCN(S(=O)(=O)N3CCOCC3)C2)C1=O. The molecule has 0 radical (unpaired) electrons. The van der Waals surface area contributed by atoms with E-state index in [4.69, 9.17) is 4.74 Å². The zero-order chi connectivity index (χ0) is 16.7. The fraction of sp³-hybridized carbons (Fsp3) is 0.933. The Morgan fingerprint density at radius 1 is 1.04 bits per heavy atom. The molecule has 1 amide bonds. The van der Waals surface area contributed by atoms with E-state index in [1.54, 1.807) is 0 Å². The summed E-state index contributed by atoms with van der Waals surface area (Å²) in [6, 6.07) is 0.171. The number of likely N-dealkylation sites (tertiary alicyclic amines) is 1. The van der Waals surface area contributed by atoms with Crippen molar-refractivity contribution in [1.82, 2.24) is 13.5 Å². The van der Waals surface area contributed by atoms with Crippen molar-refractivity contribution in [1.29, 1.82) is 0 Å². The largest absolute Gasteiger partial charge is 0.379 e. The number of piperidine rings is 1. The Labute approximate surface area is 138 Å². The second-order valence-electron chi connectivity index (χ2n) is 7.08. The van der Waals surface area contributed by atoms with Gasteiger partial charge >= 0.3 is 0 Å². The summed E-state index contributed by atoms with van der Waals surface area (Å²) in [5.41, 5.74) is -0.512. The molecule has 3 rings (SSSR count). The molecule has 0 bridgehead atoms. The van der Waals surface area contributed by atoms with Crippen molar-refractivity contribution in [3.8, 4) is 0 Å². The van der Waals surface area contributed by atoms with E-state index in [9.17, 15) is 13.2 Å². The van der Waals surface area contributed by atoms with Crippen LogP contribution in [0.15, 0.2) is 0 Å². The number of hydrogen-bond donors (Lipinski definition) is 0.